The van der Waals surface area contributed by atoms with E-state index in [4.69, 9.17) is 16.7 Å². The predicted molar refractivity (Wildman–Crippen MR) is 97.7 cm³/mol. The maximum Gasteiger partial charge on any atom is 0.309 e. The van der Waals surface area contributed by atoms with Gasteiger partial charge in [0.2, 0.25) is 0 Å². The second-order valence-corrected chi connectivity index (χ2v) is 7.28. The Morgan fingerprint density at radius 2 is 1.80 bits per heavy atom. The first-order valence-electron chi connectivity index (χ1n) is 7.44. The van der Waals surface area contributed by atoms with Crippen LogP contribution in [0.15, 0.2) is 59.6 Å². The fraction of sp³-hybridized carbons (Fsp3) is 0.111. The van der Waals surface area contributed by atoms with Gasteiger partial charge in [0.1, 0.15) is 0 Å². The van der Waals surface area contributed by atoms with E-state index in [1.807, 2.05) is 12.1 Å². The lowest BCUT2D eigenvalue weighted by Crippen LogP contribution is -2.03. The van der Waals surface area contributed by atoms with Gasteiger partial charge in [-0.05, 0) is 42.0 Å². The predicted octanol–water partition coefficient (Wildman–Crippen LogP) is 3.56. The average molecular weight is 375 g/mol. The third-order valence-electron chi connectivity index (χ3n) is 3.70. The van der Waals surface area contributed by atoms with Crippen LogP contribution in [-0.4, -0.2) is 31.3 Å². The van der Waals surface area contributed by atoms with Crippen molar-refractivity contribution in [2.75, 3.05) is 6.26 Å². The van der Waals surface area contributed by atoms with Crippen LogP contribution < -0.4 is 0 Å². The van der Waals surface area contributed by atoms with Crippen LogP contribution in [-0.2, 0) is 22.0 Å². The molecule has 0 radical (unpaired) electrons. The minimum Gasteiger partial charge on any atom is -0.481 e. The number of benzene rings is 2. The molecule has 7 heteroatoms. The molecular weight excluding hydrogens is 360 g/mol. The molecule has 1 heterocycles. The summed E-state index contributed by atoms with van der Waals surface area (Å²) < 4.78 is 13.1. The van der Waals surface area contributed by atoms with Crippen molar-refractivity contribution in [3.8, 4) is 16.8 Å². The number of aliphatic carboxylic acids is 1. The van der Waals surface area contributed by atoms with Gasteiger partial charge >= 0.3 is 5.97 Å². The van der Waals surface area contributed by atoms with Gasteiger partial charge in [-0.2, -0.15) is 5.10 Å². The topological polar surface area (TPSA) is 72.2 Å². The third kappa shape index (κ3) is 3.97. The van der Waals surface area contributed by atoms with Crippen molar-refractivity contribution >= 4 is 28.4 Å². The molecule has 128 valence electrons. The van der Waals surface area contributed by atoms with Crippen LogP contribution >= 0.6 is 11.6 Å². The average Bonchev–Trinajstić information content (AvgIpc) is 2.98. The molecule has 0 bridgehead atoms. The maximum atomic E-state index is 11.5. The fourth-order valence-corrected chi connectivity index (χ4v) is 3.12. The number of rotatable bonds is 5. The number of aromatic nitrogens is 2. The quantitative estimate of drug-likeness (QED) is 0.741. The number of hydrogen-bond acceptors (Lipinski definition) is 3. The van der Waals surface area contributed by atoms with Gasteiger partial charge in [-0.25, -0.2) is 4.68 Å². The lowest BCUT2D eigenvalue weighted by molar-refractivity contribution is -0.136. The van der Waals surface area contributed by atoms with E-state index in [0.717, 1.165) is 21.7 Å². The Hall–Kier alpha value is -2.44. The molecule has 3 aromatic rings. The van der Waals surface area contributed by atoms with Gasteiger partial charge in [0.15, 0.2) is 0 Å². The van der Waals surface area contributed by atoms with Crippen molar-refractivity contribution in [1.82, 2.24) is 9.78 Å². The summed E-state index contributed by atoms with van der Waals surface area (Å²) in [6.45, 7) is 0. The van der Waals surface area contributed by atoms with Crippen LogP contribution in [0.4, 0.5) is 0 Å². The van der Waals surface area contributed by atoms with E-state index in [-0.39, 0.29) is 6.42 Å². The van der Waals surface area contributed by atoms with E-state index in [1.165, 1.54) is 0 Å². The molecule has 0 saturated carbocycles. The highest BCUT2D eigenvalue weighted by molar-refractivity contribution is 7.84. The Kier molecular flexibility index (Phi) is 5.01. The Bertz CT molecular complexity index is 934. The number of carboxylic acids is 1. The molecule has 1 N–H and O–H groups in total. The molecule has 0 saturated heterocycles. The molecule has 0 fully saturated rings. The monoisotopic (exact) mass is 374 g/mol. The van der Waals surface area contributed by atoms with E-state index in [2.05, 4.69) is 5.10 Å². The largest absolute Gasteiger partial charge is 0.481 e. The van der Waals surface area contributed by atoms with Gasteiger partial charge in [-0.15, -0.1) is 0 Å². The summed E-state index contributed by atoms with van der Waals surface area (Å²) in [6.07, 6.45) is 3.23. The first kappa shape index (κ1) is 17.4. The van der Waals surface area contributed by atoms with Crippen molar-refractivity contribution in [1.29, 1.82) is 0 Å². The molecule has 0 aliphatic rings. The SMILES string of the molecule is CS(=O)c1ccc(-n2cc(-c3ccc(Cl)cc3)c(CC(=O)O)n2)cc1. The number of carbonyl (C=O) groups is 1. The molecular formula is C18H15ClN2O3S. The van der Waals surface area contributed by atoms with Gasteiger partial charge in [0, 0.05) is 38.7 Å². The van der Waals surface area contributed by atoms with Crippen LogP contribution in [0.5, 0.6) is 0 Å². The molecule has 0 spiro atoms. The molecule has 1 atom stereocenters. The number of nitrogens with zero attached hydrogens (tertiary/aromatic N) is 2. The standard InChI is InChI=1S/C18H15ClN2O3S/c1-25(24)15-8-6-14(7-9-15)21-11-16(17(20-21)10-18(22)23)12-2-4-13(19)5-3-12/h2-9,11H,10H2,1H3,(H,22,23). The van der Waals surface area contributed by atoms with Crippen molar-refractivity contribution < 1.29 is 14.1 Å². The highest BCUT2D eigenvalue weighted by Gasteiger charge is 2.15. The summed E-state index contributed by atoms with van der Waals surface area (Å²) in [5.41, 5.74) is 2.82. The van der Waals surface area contributed by atoms with Gasteiger partial charge in [0.05, 0.1) is 17.8 Å². The van der Waals surface area contributed by atoms with Gasteiger partial charge in [-0.1, -0.05) is 23.7 Å². The number of halogens is 1. The Labute approximate surface area is 152 Å². The maximum absolute atomic E-state index is 11.5. The van der Waals surface area contributed by atoms with Gasteiger partial charge in [-0.3, -0.25) is 9.00 Å². The normalized spacial score (nSPS) is 12.1. The van der Waals surface area contributed by atoms with Crippen LogP contribution in [0.25, 0.3) is 16.8 Å². The number of hydrogen-bond donors (Lipinski definition) is 1. The summed E-state index contributed by atoms with van der Waals surface area (Å²) in [5.74, 6) is -0.947. The van der Waals surface area contributed by atoms with Crippen LogP contribution in [0.1, 0.15) is 5.69 Å². The van der Waals surface area contributed by atoms with Crippen molar-refractivity contribution in [3.63, 3.8) is 0 Å². The summed E-state index contributed by atoms with van der Waals surface area (Å²) in [4.78, 5) is 11.9. The van der Waals surface area contributed by atoms with Crippen molar-refractivity contribution in [3.05, 3.63) is 65.4 Å². The lowest BCUT2D eigenvalue weighted by Gasteiger charge is -2.02. The van der Waals surface area contributed by atoms with E-state index in [0.29, 0.717) is 10.7 Å². The Morgan fingerprint density at radius 1 is 1.16 bits per heavy atom. The zero-order valence-electron chi connectivity index (χ0n) is 13.3. The third-order valence-corrected chi connectivity index (χ3v) is 4.89. The van der Waals surface area contributed by atoms with Crippen molar-refractivity contribution in [2.24, 2.45) is 0 Å². The van der Waals surface area contributed by atoms with Gasteiger partial charge in [0.25, 0.3) is 0 Å². The van der Waals surface area contributed by atoms with Crippen molar-refractivity contribution in [2.45, 2.75) is 11.3 Å². The minimum absolute atomic E-state index is 0.179. The summed E-state index contributed by atoms with van der Waals surface area (Å²) >= 11 is 5.92. The summed E-state index contributed by atoms with van der Waals surface area (Å²) in [6, 6.07) is 14.3. The van der Waals surface area contributed by atoms with Gasteiger partial charge < -0.3 is 5.11 Å². The van der Waals surface area contributed by atoms with Crippen LogP contribution in [0.2, 0.25) is 5.02 Å². The molecule has 0 amide bonds. The highest BCUT2D eigenvalue weighted by Crippen LogP contribution is 2.26. The Balaban J connectivity index is 2.04. The lowest BCUT2D eigenvalue weighted by atomic mass is 10.1. The molecule has 3 rings (SSSR count). The summed E-state index contributed by atoms with van der Waals surface area (Å²) in [7, 11) is -1.05. The second kappa shape index (κ2) is 7.21. The molecule has 0 aliphatic heterocycles. The summed E-state index contributed by atoms with van der Waals surface area (Å²) in [5, 5.41) is 14.2. The van der Waals surface area contributed by atoms with Crippen LogP contribution in [0.3, 0.4) is 0 Å². The second-order valence-electron chi connectivity index (χ2n) is 5.46. The number of carboxylic acid groups (broad SMARTS) is 1. The van der Waals surface area contributed by atoms with E-state index < -0.39 is 16.8 Å². The van der Waals surface area contributed by atoms with E-state index in [9.17, 15) is 9.00 Å². The zero-order valence-corrected chi connectivity index (χ0v) is 14.9. The molecule has 1 unspecified atom stereocenters. The minimum atomic E-state index is -1.05. The molecule has 0 aliphatic carbocycles. The molecule has 5 nitrogen and oxygen atoms in total. The first-order valence-corrected chi connectivity index (χ1v) is 9.38. The molecule has 1 aromatic heterocycles. The fourth-order valence-electron chi connectivity index (χ4n) is 2.48. The first-order chi connectivity index (χ1) is 11.9. The zero-order chi connectivity index (χ0) is 18.0. The van der Waals surface area contributed by atoms with E-state index in [1.54, 1.807) is 53.5 Å². The highest BCUT2D eigenvalue weighted by atomic mass is 35.5. The Morgan fingerprint density at radius 3 is 2.36 bits per heavy atom. The van der Waals surface area contributed by atoms with E-state index >= 15 is 0 Å². The molecule has 2 aromatic carbocycles. The van der Waals surface area contributed by atoms with Crippen LogP contribution in [0, 0.1) is 0 Å². The molecule has 25 heavy (non-hydrogen) atoms. The smallest absolute Gasteiger partial charge is 0.309 e.